The van der Waals surface area contributed by atoms with Crippen LogP contribution in [0, 0.1) is 11.3 Å². The lowest BCUT2D eigenvalue weighted by atomic mass is 10.00. The van der Waals surface area contributed by atoms with Gasteiger partial charge in [-0.05, 0) is 60.9 Å². The fraction of sp³-hybridized carbons (Fsp3) is 0.333. The zero-order valence-corrected chi connectivity index (χ0v) is 18.2. The van der Waals surface area contributed by atoms with Crippen LogP contribution in [0.15, 0.2) is 36.4 Å². The number of amides is 1. The van der Waals surface area contributed by atoms with Gasteiger partial charge in [0.05, 0.1) is 0 Å². The third kappa shape index (κ3) is 3.84. The number of hydrogen-bond donors (Lipinski definition) is 4. The summed E-state index contributed by atoms with van der Waals surface area (Å²) in [5.74, 6) is 2.13. The highest BCUT2D eigenvalue weighted by Crippen LogP contribution is 2.46. The molecule has 32 heavy (non-hydrogen) atoms. The standard InChI is InChI=1S/C24H27N7O/c1-13-11-20(13)27-23(32)16-7-5-15(6-8-16)22-29-24(31(2)30-22)28-19-10-9-18(26)17(12-25)21(19)14-3-4-14/h5-10,12-14,20,25H,3-4,11,26H2,1-2H3,(H,27,32)(H,28,29,30). The third-order valence-electron chi connectivity index (χ3n) is 6.29. The smallest absolute Gasteiger partial charge is 0.251 e. The molecular formula is C24H27N7O. The number of nitrogen functional groups attached to an aromatic ring is 1. The van der Waals surface area contributed by atoms with Gasteiger partial charge in [0.1, 0.15) is 0 Å². The summed E-state index contributed by atoms with van der Waals surface area (Å²) >= 11 is 0. The highest BCUT2D eigenvalue weighted by Gasteiger charge is 2.34. The average Bonchev–Trinajstić information content (AvgIpc) is 3.71. The maximum Gasteiger partial charge on any atom is 0.251 e. The number of aromatic nitrogens is 3. The van der Waals surface area contributed by atoms with Crippen molar-refractivity contribution in [1.29, 1.82) is 5.41 Å². The number of nitrogens with one attached hydrogen (secondary N) is 3. The van der Waals surface area contributed by atoms with E-state index in [0.29, 0.717) is 40.9 Å². The molecule has 2 aliphatic carbocycles. The molecule has 8 heteroatoms. The van der Waals surface area contributed by atoms with Crippen LogP contribution in [-0.2, 0) is 7.05 Å². The van der Waals surface area contributed by atoms with E-state index in [-0.39, 0.29) is 5.91 Å². The van der Waals surface area contributed by atoms with E-state index in [1.54, 1.807) is 4.68 Å². The molecule has 1 aromatic heterocycles. The SMILES string of the molecule is CC1CC1NC(=O)c1ccc(-c2nc(Nc3ccc(N)c(C=N)c3C3CC3)n(C)n2)cc1. The Morgan fingerprint density at radius 2 is 1.94 bits per heavy atom. The molecule has 0 saturated heterocycles. The topological polar surface area (TPSA) is 122 Å². The van der Waals surface area contributed by atoms with Gasteiger partial charge in [-0.1, -0.05) is 19.1 Å². The van der Waals surface area contributed by atoms with E-state index in [9.17, 15) is 4.79 Å². The molecule has 2 fully saturated rings. The van der Waals surface area contributed by atoms with Crippen LogP contribution in [-0.4, -0.2) is 32.9 Å². The van der Waals surface area contributed by atoms with Gasteiger partial charge in [-0.3, -0.25) is 4.79 Å². The van der Waals surface area contributed by atoms with Gasteiger partial charge in [-0.2, -0.15) is 4.98 Å². The van der Waals surface area contributed by atoms with Crippen molar-refractivity contribution in [3.05, 3.63) is 53.1 Å². The maximum atomic E-state index is 12.3. The molecule has 0 aliphatic heterocycles. The molecule has 5 N–H and O–H groups in total. The molecule has 0 spiro atoms. The van der Waals surface area contributed by atoms with E-state index in [0.717, 1.165) is 41.6 Å². The monoisotopic (exact) mass is 429 g/mol. The van der Waals surface area contributed by atoms with Crippen molar-refractivity contribution in [2.24, 2.45) is 13.0 Å². The number of carbonyl (C=O) groups is 1. The number of aryl methyl sites for hydroxylation is 1. The zero-order valence-electron chi connectivity index (χ0n) is 18.2. The van der Waals surface area contributed by atoms with Crippen molar-refractivity contribution < 1.29 is 4.79 Å². The molecule has 0 radical (unpaired) electrons. The summed E-state index contributed by atoms with van der Waals surface area (Å²) in [6, 6.07) is 11.4. The van der Waals surface area contributed by atoms with Crippen molar-refractivity contribution in [3.63, 3.8) is 0 Å². The highest BCUT2D eigenvalue weighted by atomic mass is 16.1. The first kappa shape index (κ1) is 20.2. The number of anilines is 3. The molecule has 3 aromatic rings. The van der Waals surface area contributed by atoms with E-state index in [1.807, 2.05) is 43.4 Å². The van der Waals surface area contributed by atoms with Gasteiger partial charge in [-0.25, -0.2) is 4.68 Å². The molecule has 8 nitrogen and oxygen atoms in total. The number of carbonyl (C=O) groups excluding carboxylic acids is 1. The van der Waals surface area contributed by atoms with Gasteiger partial charge < -0.3 is 21.8 Å². The molecule has 2 aromatic carbocycles. The summed E-state index contributed by atoms with van der Waals surface area (Å²) < 4.78 is 1.70. The molecule has 2 saturated carbocycles. The van der Waals surface area contributed by atoms with Crippen LogP contribution < -0.4 is 16.4 Å². The van der Waals surface area contributed by atoms with Crippen LogP contribution in [0.5, 0.6) is 0 Å². The van der Waals surface area contributed by atoms with Crippen LogP contribution >= 0.6 is 0 Å². The van der Waals surface area contributed by atoms with Gasteiger partial charge in [0.15, 0.2) is 5.82 Å². The largest absolute Gasteiger partial charge is 0.398 e. The lowest BCUT2D eigenvalue weighted by Crippen LogP contribution is -2.26. The predicted molar refractivity (Wildman–Crippen MR) is 125 cm³/mol. The minimum Gasteiger partial charge on any atom is -0.398 e. The second kappa shape index (κ2) is 7.78. The van der Waals surface area contributed by atoms with Crippen molar-refractivity contribution in [2.45, 2.75) is 38.1 Å². The summed E-state index contributed by atoms with van der Waals surface area (Å²) in [5.41, 5.74) is 10.9. The number of benzene rings is 2. The first-order valence-electron chi connectivity index (χ1n) is 11.0. The van der Waals surface area contributed by atoms with E-state index in [4.69, 9.17) is 11.1 Å². The summed E-state index contributed by atoms with van der Waals surface area (Å²) in [6.07, 6.45) is 4.58. The molecule has 5 rings (SSSR count). The maximum absolute atomic E-state index is 12.3. The number of hydrogen-bond acceptors (Lipinski definition) is 6. The number of nitrogens with two attached hydrogens (primary N) is 1. The third-order valence-corrected chi connectivity index (χ3v) is 6.29. The Morgan fingerprint density at radius 3 is 2.56 bits per heavy atom. The van der Waals surface area contributed by atoms with Crippen LogP contribution in [0.25, 0.3) is 11.4 Å². The van der Waals surface area contributed by atoms with Crippen molar-refractivity contribution in [1.82, 2.24) is 20.1 Å². The van der Waals surface area contributed by atoms with Crippen LogP contribution in [0.2, 0.25) is 0 Å². The second-order valence-electron chi connectivity index (χ2n) is 8.83. The molecule has 1 amide bonds. The molecular weight excluding hydrogens is 402 g/mol. The van der Waals surface area contributed by atoms with Crippen LogP contribution in [0.1, 0.15) is 53.6 Å². The summed E-state index contributed by atoms with van der Waals surface area (Å²) in [6.45, 7) is 2.14. The Balaban J connectivity index is 1.37. The summed E-state index contributed by atoms with van der Waals surface area (Å²) in [5, 5.41) is 18.8. The normalized spacial score (nSPS) is 19.4. The quantitative estimate of drug-likeness (QED) is 0.336. The van der Waals surface area contributed by atoms with Gasteiger partial charge in [0, 0.05) is 47.4 Å². The Kier molecular flexibility index (Phi) is 4.92. The fourth-order valence-electron chi connectivity index (χ4n) is 4.02. The minimum absolute atomic E-state index is 0.0415. The average molecular weight is 430 g/mol. The minimum atomic E-state index is -0.0415. The van der Waals surface area contributed by atoms with Crippen LogP contribution in [0.4, 0.5) is 17.3 Å². The number of nitrogens with zero attached hydrogens (tertiary/aromatic N) is 3. The van der Waals surface area contributed by atoms with Gasteiger partial charge in [0.25, 0.3) is 5.91 Å². The van der Waals surface area contributed by atoms with Crippen molar-refractivity contribution in [2.75, 3.05) is 11.1 Å². The molecule has 0 bridgehead atoms. The molecule has 2 unspecified atom stereocenters. The van der Waals surface area contributed by atoms with Crippen LogP contribution in [0.3, 0.4) is 0 Å². The molecule has 1 heterocycles. The lowest BCUT2D eigenvalue weighted by molar-refractivity contribution is 0.0949. The van der Waals surface area contributed by atoms with Crippen molar-refractivity contribution >= 4 is 29.4 Å². The first-order chi connectivity index (χ1) is 15.4. The Bertz CT molecular complexity index is 1190. The van der Waals surface area contributed by atoms with Crippen molar-refractivity contribution in [3.8, 4) is 11.4 Å². The Hall–Kier alpha value is -3.68. The fourth-order valence-corrected chi connectivity index (χ4v) is 4.02. The Labute approximate surface area is 186 Å². The van der Waals surface area contributed by atoms with E-state index >= 15 is 0 Å². The van der Waals surface area contributed by atoms with E-state index < -0.39 is 0 Å². The second-order valence-corrected chi connectivity index (χ2v) is 8.83. The van der Waals surface area contributed by atoms with E-state index in [2.05, 4.69) is 27.6 Å². The molecule has 164 valence electrons. The number of rotatable bonds is 7. The Morgan fingerprint density at radius 1 is 1.22 bits per heavy atom. The summed E-state index contributed by atoms with van der Waals surface area (Å²) in [4.78, 5) is 17.0. The highest BCUT2D eigenvalue weighted by molar-refractivity contribution is 5.95. The van der Waals surface area contributed by atoms with Gasteiger partial charge in [-0.15, -0.1) is 5.10 Å². The van der Waals surface area contributed by atoms with E-state index in [1.165, 1.54) is 6.21 Å². The zero-order chi connectivity index (χ0) is 22.4. The lowest BCUT2D eigenvalue weighted by Gasteiger charge is -2.15. The van der Waals surface area contributed by atoms with Gasteiger partial charge in [0.2, 0.25) is 5.95 Å². The first-order valence-corrected chi connectivity index (χ1v) is 11.0. The predicted octanol–water partition coefficient (Wildman–Crippen LogP) is 3.82. The van der Waals surface area contributed by atoms with Gasteiger partial charge >= 0.3 is 0 Å². The summed E-state index contributed by atoms with van der Waals surface area (Å²) in [7, 11) is 1.84. The molecule has 2 atom stereocenters. The molecule has 2 aliphatic rings.